The molecule has 88 valence electrons. The second-order valence-electron chi connectivity index (χ2n) is 5.93. The molecule has 3 saturated carbocycles. The standard InChI is InChI=1S/C14H22N2/c1-2-3-4-5-11(16-15)14-12-9-6-7-10(8-9)13(12)14/h1,9-14,16H,3-8,15H2. The Bertz CT molecular complexity index is 290. The summed E-state index contributed by atoms with van der Waals surface area (Å²) in [5.74, 6) is 13.4. The number of nitrogens with two attached hydrogens (primary N) is 1. The highest BCUT2D eigenvalue weighted by Crippen LogP contribution is 2.70. The van der Waals surface area contributed by atoms with E-state index in [0.29, 0.717) is 6.04 Å². The van der Waals surface area contributed by atoms with E-state index in [0.717, 1.165) is 48.9 Å². The van der Waals surface area contributed by atoms with E-state index >= 15 is 0 Å². The SMILES string of the molecule is C#CCCCC(NN)C1C2C3CCC(C3)C21. The van der Waals surface area contributed by atoms with Crippen molar-refractivity contribution in [1.82, 2.24) is 5.43 Å². The summed E-state index contributed by atoms with van der Waals surface area (Å²) in [6.07, 6.45) is 13.0. The maximum absolute atomic E-state index is 5.71. The zero-order chi connectivity index (χ0) is 11.1. The van der Waals surface area contributed by atoms with Crippen LogP contribution in [0.3, 0.4) is 0 Å². The molecule has 3 N–H and O–H groups in total. The van der Waals surface area contributed by atoms with Crippen molar-refractivity contribution in [3.05, 3.63) is 0 Å². The molecule has 0 aliphatic heterocycles. The third-order valence-corrected chi connectivity index (χ3v) is 5.31. The largest absolute Gasteiger partial charge is 0.271 e. The summed E-state index contributed by atoms with van der Waals surface area (Å²) >= 11 is 0. The number of terminal acetylenes is 1. The van der Waals surface area contributed by atoms with Crippen molar-refractivity contribution in [3.63, 3.8) is 0 Å². The van der Waals surface area contributed by atoms with E-state index in [1.54, 1.807) is 0 Å². The number of fused-ring (bicyclic) bond motifs is 5. The van der Waals surface area contributed by atoms with Crippen LogP contribution in [0.5, 0.6) is 0 Å². The summed E-state index contributed by atoms with van der Waals surface area (Å²) in [5, 5.41) is 0. The van der Waals surface area contributed by atoms with Crippen molar-refractivity contribution in [2.45, 2.75) is 44.6 Å². The Kier molecular flexibility index (Phi) is 2.69. The van der Waals surface area contributed by atoms with Gasteiger partial charge in [-0.15, -0.1) is 12.3 Å². The van der Waals surface area contributed by atoms with E-state index in [-0.39, 0.29) is 0 Å². The molecule has 0 spiro atoms. The van der Waals surface area contributed by atoms with Gasteiger partial charge < -0.3 is 0 Å². The van der Waals surface area contributed by atoms with Crippen molar-refractivity contribution in [1.29, 1.82) is 0 Å². The van der Waals surface area contributed by atoms with Gasteiger partial charge in [-0.1, -0.05) is 0 Å². The highest BCUT2D eigenvalue weighted by atomic mass is 15.2. The zero-order valence-corrected chi connectivity index (χ0v) is 9.86. The van der Waals surface area contributed by atoms with E-state index in [4.69, 9.17) is 12.3 Å². The molecule has 3 aliphatic carbocycles. The van der Waals surface area contributed by atoms with E-state index in [2.05, 4.69) is 11.3 Å². The maximum atomic E-state index is 5.71. The van der Waals surface area contributed by atoms with E-state index in [1.807, 2.05) is 0 Å². The zero-order valence-electron chi connectivity index (χ0n) is 9.86. The fourth-order valence-electron chi connectivity index (χ4n) is 4.74. The second-order valence-corrected chi connectivity index (χ2v) is 5.93. The Labute approximate surface area is 98.3 Å². The van der Waals surface area contributed by atoms with Crippen molar-refractivity contribution in [2.75, 3.05) is 0 Å². The van der Waals surface area contributed by atoms with Gasteiger partial charge in [0.25, 0.3) is 0 Å². The molecule has 0 saturated heterocycles. The van der Waals surface area contributed by atoms with E-state index in [9.17, 15) is 0 Å². The van der Waals surface area contributed by atoms with Crippen LogP contribution in [0, 0.1) is 41.9 Å². The second kappa shape index (κ2) is 4.05. The van der Waals surface area contributed by atoms with Crippen LogP contribution in [-0.4, -0.2) is 6.04 Å². The molecule has 3 rings (SSSR count). The molecule has 0 aromatic rings. The minimum Gasteiger partial charge on any atom is -0.271 e. The minimum atomic E-state index is 0.534. The highest BCUT2D eigenvalue weighted by molar-refractivity contribution is 5.15. The average molecular weight is 218 g/mol. The molecular weight excluding hydrogens is 196 g/mol. The number of hydrazine groups is 1. The van der Waals surface area contributed by atoms with Crippen LogP contribution in [0.1, 0.15) is 38.5 Å². The first-order valence-electron chi connectivity index (χ1n) is 6.76. The van der Waals surface area contributed by atoms with Gasteiger partial charge in [-0.2, -0.15) is 0 Å². The fourth-order valence-corrected chi connectivity index (χ4v) is 4.74. The summed E-state index contributed by atoms with van der Waals surface area (Å²) in [7, 11) is 0. The lowest BCUT2D eigenvalue weighted by molar-refractivity contribution is 0.348. The van der Waals surface area contributed by atoms with Gasteiger partial charge in [0.05, 0.1) is 0 Å². The van der Waals surface area contributed by atoms with Crippen LogP contribution < -0.4 is 11.3 Å². The van der Waals surface area contributed by atoms with E-state index < -0.39 is 0 Å². The van der Waals surface area contributed by atoms with Crippen LogP contribution >= 0.6 is 0 Å². The number of hydrogen-bond acceptors (Lipinski definition) is 2. The molecule has 3 aliphatic rings. The summed E-state index contributed by atoms with van der Waals surface area (Å²) < 4.78 is 0. The lowest BCUT2D eigenvalue weighted by atomic mass is 9.95. The van der Waals surface area contributed by atoms with Gasteiger partial charge in [0.2, 0.25) is 0 Å². The van der Waals surface area contributed by atoms with Crippen LogP contribution in [0.2, 0.25) is 0 Å². The van der Waals surface area contributed by atoms with E-state index in [1.165, 1.54) is 19.3 Å². The first-order valence-corrected chi connectivity index (χ1v) is 6.76. The van der Waals surface area contributed by atoms with Gasteiger partial charge in [-0.05, 0) is 61.7 Å². The Morgan fingerprint density at radius 3 is 2.56 bits per heavy atom. The lowest BCUT2D eigenvalue weighted by Crippen LogP contribution is -2.38. The number of nitrogens with one attached hydrogen (secondary N) is 1. The number of rotatable bonds is 5. The number of hydrogen-bond donors (Lipinski definition) is 2. The molecule has 5 unspecified atom stereocenters. The van der Waals surface area contributed by atoms with Crippen LogP contribution in [0.25, 0.3) is 0 Å². The quantitative estimate of drug-likeness (QED) is 0.320. The van der Waals surface area contributed by atoms with Crippen molar-refractivity contribution >= 4 is 0 Å². The van der Waals surface area contributed by atoms with Crippen molar-refractivity contribution in [3.8, 4) is 12.3 Å². The predicted octanol–water partition coefficient (Wildman–Crippen LogP) is 1.91. The molecule has 16 heavy (non-hydrogen) atoms. The molecular formula is C14H22N2. The monoisotopic (exact) mass is 218 g/mol. The smallest absolute Gasteiger partial charge is 0.0244 e. The molecule has 0 amide bonds. The molecule has 0 heterocycles. The van der Waals surface area contributed by atoms with Gasteiger partial charge >= 0.3 is 0 Å². The summed E-state index contributed by atoms with van der Waals surface area (Å²) in [5.41, 5.74) is 3.05. The first-order chi connectivity index (χ1) is 7.86. The summed E-state index contributed by atoms with van der Waals surface area (Å²) in [4.78, 5) is 0. The topological polar surface area (TPSA) is 38.0 Å². The van der Waals surface area contributed by atoms with Gasteiger partial charge in [-0.25, -0.2) is 0 Å². The summed E-state index contributed by atoms with van der Waals surface area (Å²) in [6, 6.07) is 0.534. The van der Waals surface area contributed by atoms with Crippen LogP contribution in [0.4, 0.5) is 0 Å². The third-order valence-electron chi connectivity index (χ3n) is 5.31. The molecule has 3 fully saturated rings. The molecule has 2 heteroatoms. The Balaban J connectivity index is 1.56. The predicted molar refractivity (Wildman–Crippen MR) is 65.1 cm³/mol. The molecule has 0 radical (unpaired) electrons. The number of unbranched alkanes of at least 4 members (excludes halogenated alkanes) is 1. The van der Waals surface area contributed by atoms with Gasteiger partial charge in [0.15, 0.2) is 0 Å². The Morgan fingerprint density at radius 2 is 2.00 bits per heavy atom. The molecule has 2 nitrogen and oxygen atoms in total. The lowest BCUT2D eigenvalue weighted by Gasteiger charge is -2.19. The highest BCUT2D eigenvalue weighted by Gasteiger charge is 2.66. The van der Waals surface area contributed by atoms with Crippen LogP contribution in [-0.2, 0) is 0 Å². The van der Waals surface area contributed by atoms with Gasteiger partial charge in [0.1, 0.15) is 0 Å². The Hall–Kier alpha value is -0.520. The van der Waals surface area contributed by atoms with Crippen molar-refractivity contribution in [2.24, 2.45) is 35.4 Å². The normalized spacial score (nSPS) is 45.1. The third kappa shape index (κ3) is 1.49. The van der Waals surface area contributed by atoms with Crippen LogP contribution in [0.15, 0.2) is 0 Å². The molecule has 0 aromatic heterocycles. The first kappa shape index (κ1) is 10.6. The summed E-state index contributed by atoms with van der Waals surface area (Å²) in [6.45, 7) is 0. The molecule has 0 aromatic carbocycles. The van der Waals surface area contributed by atoms with Gasteiger partial charge in [0, 0.05) is 12.5 Å². The van der Waals surface area contributed by atoms with Crippen molar-refractivity contribution < 1.29 is 0 Å². The fraction of sp³-hybridized carbons (Fsp3) is 0.857. The molecule has 2 bridgehead atoms. The average Bonchev–Trinajstić information content (AvgIpc) is 2.73. The minimum absolute atomic E-state index is 0.534. The Morgan fingerprint density at radius 1 is 1.31 bits per heavy atom. The van der Waals surface area contributed by atoms with Gasteiger partial charge in [-0.3, -0.25) is 11.3 Å². The maximum Gasteiger partial charge on any atom is 0.0244 e. The molecule has 5 atom stereocenters.